The second kappa shape index (κ2) is 15.7. The Balaban J connectivity index is 0.00000461. The van der Waals surface area contributed by atoms with Crippen LogP contribution in [0, 0.1) is 17.1 Å². The fourth-order valence-electron chi connectivity index (χ4n) is 5.04. The summed E-state index contributed by atoms with van der Waals surface area (Å²) in [6, 6.07) is 19.5. The quantitative estimate of drug-likeness (QED) is 0.0807. The summed E-state index contributed by atoms with van der Waals surface area (Å²) in [6.45, 7) is 1.77. The number of halogens is 6. The smallest absolute Gasteiger partial charge is 0.191 e. The molecule has 3 aromatic carbocycles. The minimum atomic E-state index is -0.360. The van der Waals surface area contributed by atoms with E-state index in [-0.39, 0.29) is 34.0 Å². The van der Waals surface area contributed by atoms with Crippen LogP contribution in [-0.2, 0) is 18.3 Å². The third kappa shape index (κ3) is 8.72. The van der Waals surface area contributed by atoms with Crippen molar-refractivity contribution in [2.45, 2.75) is 37.5 Å². The zero-order chi connectivity index (χ0) is 31.3. The first-order valence-corrected chi connectivity index (χ1v) is 16.1. The third-order valence-electron chi connectivity index (χ3n) is 7.66. The molecule has 0 spiro atoms. The zero-order valence-corrected chi connectivity index (χ0v) is 29.7. The van der Waals surface area contributed by atoms with E-state index >= 15 is 0 Å². The lowest BCUT2D eigenvalue weighted by Crippen LogP contribution is -2.39. The number of nitrogens with one attached hydrogen (secondary N) is 2. The Morgan fingerprint density at radius 3 is 2.42 bits per heavy atom. The van der Waals surface area contributed by atoms with E-state index in [1.165, 1.54) is 16.8 Å². The van der Waals surface area contributed by atoms with E-state index in [9.17, 15) is 9.65 Å². The van der Waals surface area contributed by atoms with E-state index < -0.39 is 0 Å². The van der Waals surface area contributed by atoms with Crippen LogP contribution in [0.25, 0.3) is 5.69 Å². The normalized spacial score (nSPS) is 13.6. The molecule has 1 aliphatic rings. The molecule has 45 heavy (non-hydrogen) atoms. The van der Waals surface area contributed by atoms with Gasteiger partial charge in [0.05, 0.1) is 17.9 Å². The number of anilines is 1. The highest BCUT2D eigenvalue weighted by atomic mass is 79.9. The van der Waals surface area contributed by atoms with E-state index in [0.29, 0.717) is 71.8 Å². The van der Waals surface area contributed by atoms with Gasteiger partial charge in [-0.2, -0.15) is 10.4 Å². The second-order valence-electron chi connectivity index (χ2n) is 10.7. The number of nitrogens with two attached hydrogens (primary N) is 1. The summed E-state index contributed by atoms with van der Waals surface area (Å²) in [6.07, 6.45) is 3.90. The van der Waals surface area contributed by atoms with Gasteiger partial charge in [-0.3, -0.25) is 4.99 Å². The van der Waals surface area contributed by atoms with Crippen molar-refractivity contribution in [3.05, 3.63) is 108 Å². The lowest BCUT2D eigenvalue weighted by molar-refractivity contribution is 0.627. The molecule has 0 amide bonds. The van der Waals surface area contributed by atoms with Crippen molar-refractivity contribution in [1.29, 1.82) is 5.26 Å². The van der Waals surface area contributed by atoms with Crippen molar-refractivity contribution in [2.75, 3.05) is 25.4 Å². The highest BCUT2D eigenvalue weighted by molar-refractivity contribution is 9.10. The number of guanidine groups is 1. The van der Waals surface area contributed by atoms with Gasteiger partial charge in [-0.15, -0.1) is 17.0 Å². The van der Waals surface area contributed by atoms with Gasteiger partial charge in [0.25, 0.3) is 0 Å². The van der Waals surface area contributed by atoms with Gasteiger partial charge in [-0.05, 0) is 91.8 Å². The molecular weight excluding hydrogens is 768 g/mol. The summed E-state index contributed by atoms with van der Waals surface area (Å²) < 4.78 is 15.8. The predicted octanol–water partition coefficient (Wildman–Crippen LogP) is 8.21. The van der Waals surface area contributed by atoms with Crippen LogP contribution < -0.4 is 16.4 Å². The van der Waals surface area contributed by atoms with Crippen LogP contribution >= 0.6 is 67.7 Å². The minimum absolute atomic E-state index is 0. The number of benzene rings is 3. The molecule has 4 aromatic rings. The van der Waals surface area contributed by atoms with Gasteiger partial charge in [-0.25, -0.2) is 9.07 Å². The van der Waals surface area contributed by atoms with Crippen molar-refractivity contribution < 1.29 is 4.39 Å². The first kappa shape index (κ1) is 35.1. The fraction of sp³-hybridized carbons (Fsp3) is 0.281. The van der Waals surface area contributed by atoms with Crippen LogP contribution in [0.5, 0.6) is 0 Å². The molecular formula is C32H31Br2Cl3FN7. The summed E-state index contributed by atoms with van der Waals surface area (Å²) in [4.78, 5) is 4.96. The SMILES string of the molecule is Br.N#Cc1c(CCCNC(=NCC2(c3ccc(Br)cc3Cl)CC2)NCCc2ccc(Cl)cc2Cl)nn(-c2ccc(F)cc2)c1N. The molecule has 0 radical (unpaired) electrons. The molecule has 4 N–H and O–H groups in total. The van der Waals surface area contributed by atoms with Crippen LogP contribution in [0.1, 0.15) is 41.6 Å². The molecule has 1 aliphatic carbocycles. The van der Waals surface area contributed by atoms with Gasteiger partial charge in [0, 0.05) is 38.0 Å². The van der Waals surface area contributed by atoms with Crippen LogP contribution in [0.4, 0.5) is 10.2 Å². The number of hydrogen-bond donors (Lipinski definition) is 3. The monoisotopic (exact) mass is 795 g/mol. The first-order chi connectivity index (χ1) is 21.2. The van der Waals surface area contributed by atoms with Crippen LogP contribution in [0.3, 0.4) is 0 Å². The maximum atomic E-state index is 13.4. The number of rotatable bonds is 11. The summed E-state index contributed by atoms with van der Waals surface area (Å²) in [7, 11) is 0. The van der Waals surface area contributed by atoms with Gasteiger partial charge in [-0.1, -0.05) is 62.9 Å². The maximum absolute atomic E-state index is 13.4. The summed E-state index contributed by atoms with van der Waals surface area (Å²) in [5.74, 6) is 0.542. The number of aryl methyl sites for hydroxylation is 1. The lowest BCUT2D eigenvalue weighted by atomic mass is 9.96. The van der Waals surface area contributed by atoms with E-state index in [1.54, 1.807) is 18.2 Å². The largest absolute Gasteiger partial charge is 0.382 e. The fourth-order valence-corrected chi connectivity index (χ4v) is 6.42. The van der Waals surface area contributed by atoms with Gasteiger partial charge in [0.2, 0.25) is 0 Å². The standard InChI is InChI=1S/C32H30BrCl3FN7.BrH/c33-21-4-10-26(28(36)16-21)32(12-13-32)19-42-31(41-15-11-20-3-5-22(34)17-27(20)35)40-14-1-2-29-25(18-38)30(39)44(43-29)24-8-6-23(37)7-9-24;/h3-10,16-17H,1-2,11-15,19,39H2,(H2,40,41,42);1H. The molecule has 7 nitrogen and oxygen atoms in total. The van der Waals surface area contributed by atoms with E-state index in [0.717, 1.165) is 33.5 Å². The Labute approximate surface area is 295 Å². The topological polar surface area (TPSA) is 104 Å². The Hall–Kier alpha value is -2.81. The van der Waals surface area contributed by atoms with Gasteiger partial charge in [0.15, 0.2) is 5.96 Å². The molecule has 1 heterocycles. The second-order valence-corrected chi connectivity index (χ2v) is 12.9. The molecule has 0 aliphatic heterocycles. The average Bonchev–Trinajstić information content (AvgIpc) is 3.71. The highest BCUT2D eigenvalue weighted by Crippen LogP contribution is 2.51. The molecule has 13 heteroatoms. The molecule has 0 bridgehead atoms. The molecule has 0 saturated heterocycles. The molecule has 0 unspecified atom stereocenters. The molecule has 236 valence electrons. The average molecular weight is 799 g/mol. The van der Waals surface area contributed by atoms with Gasteiger partial charge in [0.1, 0.15) is 23.3 Å². The van der Waals surface area contributed by atoms with E-state index in [4.69, 9.17) is 45.5 Å². The van der Waals surface area contributed by atoms with Crippen molar-refractivity contribution in [2.24, 2.45) is 4.99 Å². The van der Waals surface area contributed by atoms with Crippen LogP contribution in [-0.4, -0.2) is 35.4 Å². The Morgan fingerprint density at radius 1 is 1.02 bits per heavy atom. The molecule has 0 atom stereocenters. The Bertz CT molecular complexity index is 1720. The number of nitrogens with zero attached hydrogens (tertiary/aromatic N) is 4. The molecule has 5 rings (SSSR count). The molecule has 1 saturated carbocycles. The first-order valence-electron chi connectivity index (χ1n) is 14.1. The Morgan fingerprint density at radius 2 is 1.76 bits per heavy atom. The number of aromatic nitrogens is 2. The van der Waals surface area contributed by atoms with Gasteiger partial charge < -0.3 is 16.4 Å². The minimum Gasteiger partial charge on any atom is -0.382 e. The summed E-state index contributed by atoms with van der Waals surface area (Å²) in [5, 5.41) is 23.1. The highest BCUT2D eigenvalue weighted by Gasteiger charge is 2.45. The van der Waals surface area contributed by atoms with Crippen molar-refractivity contribution in [1.82, 2.24) is 20.4 Å². The van der Waals surface area contributed by atoms with E-state index in [2.05, 4.69) is 43.8 Å². The summed E-state index contributed by atoms with van der Waals surface area (Å²) in [5.41, 5.74) is 9.73. The number of hydrogen-bond acceptors (Lipinski definition) is 4. The van der Waals surface area contributed by atoms with Crippen molar-refractivity contribution in [3.63, 3.8) is 0 Å². The number of nitriles is 1. The van der Waals surface area contributed by atoms with E-state index in [1.807, 2.05) is 24.3 Å². The number of aliphatic imine (C=N–C) groups is 1. The van der Waals surface area contributed by atoms with Crippen LogP contribution in [0.2, 0.25) is 15.1 Å². The van der Waals surface area contributed by atoms with Crippen molar-refractivity contribution in [3.8, 4) is 11.8 Å². The summed E-state index contributed by atoms with van der Waals surface area (Å²) >= 11 is 22.5. The lowest BCUT2D eigenvalue weighted by Gasteiger charge is -2.18. The van der Waals surface area contributed by atoms with Crippen LogP contribution in [0.15, 0.2) is 70.1 Å². The van der Waals surface area contributed by atoms with Gasteiger partial charge >= 0.3 is 0 Å². The van der Waals surface area contributed by atoms with Crippen molar-refractivity contribution >= 4 is 79.5 Å². The molecule has 1 aromatic heterocycles. The number of nitrogen functional groups attached to an aromatic ring is 1. The molecule has 1 fully saturated rings. The maximum Gasteiger partial charge on any atom is 0.191 e. The third-order valence-corrected chi connectivity index (χ3v) is 9.05. The Kier molecular flexibility index (Phi) is 12.2. The predicted molar refractivity (Wildman–Crippen MR) is 190 cm³/mol. The zero-order valence-electron chi connectivity index (χ0n) is 24.1.